The number of amides is 1. The number of aldehydes is 2. The molecule has 2 aliphatic heterocycles. The normalized spacial score (nSPS) is 20.8. The predicted molar refractivity (Wildman–Crippen MR) is 241 cm³/mol. The first-order valence-corrected chi connectivity index (χ1v) is 22.6. The lowest BCUT2D eigenvalue weighted by atomic mass is 9.84. The van der Waals surface area contributed by atoms with Gasteiger partial charge < -0.3 is 34.9 Å². The molecule has 1 amide bonds. The van der Waals surface area contributed by atoms with Crippen molar-refractivity contribution in [2.75, 3.05) is 47.9 Å². The van der Waals surface area contributed by atoms with Crippen LogP contribution in [0.25, 0.3) is 32.3 Å². The van der Waals surface area contributed by atoms with Gasteiger partial charge >= 0.3 is 6.09 Å². The lowest BCUT2D eigenvalue weighted by molar-refractivity contribution is -0.110. The number of methoxy groups -OCH3 is 1. The molecule has 3 fully saturated rings. The number of rotatable bonds is 10. The van der Waals surface area contributed by atoms with E-state index in [1.807, 2.05) is 45.2 Å². The van der Waals surface area contributed by atoms with Crippen LogP contribution < -0.4 is 10.6 Å². The van der Waals surface area contributed by atoms with Gasteiger partial charge in [0.15, 0.2) is 0 Å². The van der Waals surface area contributed by atoms with E-state index < -0.39 is 6.09 Å². The van der Waals surface area contributed by atoms with E-state index in [0.29, 0.717) is 36.1 Å². The van der Waals surface area contributed by atoms with Gasteiger partial charge in [-0.25, -0.2) is 14.8 Å². The Morgan fingerprint density at radius 2 is 1.39 bits per heavy atom. The fraction of sp³-hybridized carbons (Fsp3) is 0.587. The number of aromatic nitrogens is 4. The number of H-pyrrole nitrogens is 2. The van der Waals surface area contributed by atoms with Crippen LogP contribution in [0.3, 0.4) is 0 Å². The minimum Gasteiger partial charge on any atom is -0.453 e. The number of aromatic amines is 2. The average molecular weight is 831 g/mol. The highest BCUT2D eigenvalue weighted by atomic mass is 32.1. The quantitative estimate of drug-likeness (QED) is 0.115. The number of thiophene rings is 1. The van der Waals surface area contributed by atoms with Crippen molar-refractivity contribution in [2.45, 2.75) is 123 Å². The van der Waals surface area contributed by atoms with Gasteiger partial charge in [0, 0.05) is 10.4 Å². The Hall–Kier alpha value is -4.17. The van der Waals surface area contributed by atoms with Crippen molar-refractivity contribution in [3.8, 4) is 32.3 Å². The number of hydrogen-bond donors (Lipinski definition) is 4. The maximum atomic E-state index is 10.1. The molecule has 12 nitrogen and oxygen atoms in total. The Morgan fingerprint density at radius 3 is 1.86 bits per heavy atom. The summed E-state index contributed by atoms with van der Waals surface area (Å²) < 4.78 is 4.14. The fourth-order valence-corrected chi connectivity index (χ4v) is 9.65. The molecule has 324 valence electrons. The van der Waals surface area contributed by atoms with Crippen LogP contribution in [0, 0.1) is 5.92 Å². The van der Waals surface area contributed by atoms with E-state index in [-0.39, 0.29) is 12.6 Å². The molecule has 3 aromatic heterocycles. The van der Waals surface area contributed by atoms with Crippen LogP contribution in [0.1, 0.15) is 140 Å². The molecule has 5 atom stereocenters. The summed E-state index contributed by atoms with van der Waals surface area (Å²) in [5, 5.41) is 5.04. The number of nitrogens with zero attached hydrogens (tertiary/aromatic N) is 4. The van der Waals surface area contributed by atoms with Crippen LogP contribution in [-0.4, -0.2) is 102 Å². The molecule has 1 aromatic carbocycles. The second kappa shape index (κ2) is 23.6. The molecule has 5 heterocycles. The number of likely N-dealkylation sites (tertiary alicyclic amines) is 2. The maximum absolute atomic E-state index is 10.1. The number of carbonyl (C=O) groups is 3. The fourth-order valence-electron chi connectivity index (χ4n) is 8.64. The first-order valence-electron chi connectivity index (χ1n) is 21.7. The Labute approximate surface area is 356 Å². The molecule has 0 spiro atoms. The van der Waals surface area contributed by atoms with Crippen molar-refractivity contribution in [3.63, 3.8) is 0 Å². The monoisotopic (exact) mass is 831 g/mol. The minimum absolute atomic E-state index is 0.00662. The van der Waals surface area contributed by atoms with Gasteiger partial charge in [0.05, 0.1) is 60.4 Å². The molecule has 13 heteroatoms. The van der Waals surface area contributed by atoms with Gasteiger partial charge in [-0.1, -0.05) is 60.1 Å². The van der Waals surface area contributed by atoms with Crippen LogP contribution in [0.15, 0.2) is 36.7 Å². The highest BCUT2D eigenvalue weighted by Gasteiger charge is 2.41. The van der Waals surface area contributed by atoms with E-state index in [1.54, 1.807) is 18.2 Å². The zero-order chi connectivity index (χ0) is 43.1. The molecule has 2 bridgehead atoms. The maximum Gasteiger partial charge on any atom is 0.407 e. The molecule has 59 heavy (non-hydrogen) atoms. The number of imidazole rings is 2. The van der Waals surface area contributed by atoms with Crippen molar-refractivity contribution in [1.29, 1.82) is 0 Å². The van der Waals surface area contributed by atoms with E-state index in [4.69, 9.17) is 9.97 Å². The van der Waals surface area contributed by atoms with Crippen molar-refractivity contribution in [1.82, 2.24) is 40.4 Å². The summed E-state index contributed by atoms with van der Waals surface area (Å²) in [5.41, 5.74) is 8.37. The van der Waals surface area contributed by atoms with Crippen LogP contribution >= 0.6 is 11.3 Å². The number of nitrogens with one attached hydrogen (secondary N) is 4. The first-order chi connectivity index (χ1) is 28.6. The zero-order valence-electron chi connectivity index (χ0n) is 37.2. The van der Waals surface area contributed by atoms with E-state index in [9.17, 15) is 14.4 Å². The SMILES string of the molecule is CC.CCC.CN1CCCC1c1ncc(-c2ccc(-c3ccc(-c4cnc([C@@H]5CCCN5C)[nH]4)s3)c3c2C2CCC3C2)[nH]1.CNC(C=O)C(C)C.COC(=O)NCC=O. The molecule has 4 aromatic rings. The average Bonchev–Trinajstić information content (AvgIpc) is 4.10. The van der Waals surface area contributed by atoms with Gasteiger partial charge in [0.25, 0.3) is 0 Å². The number of likely N-dealkylation sites (N-methyl/N-ethyl adjacent to an activating group) is 1. The van der Waals surface area contributed by atoms with Crippen LogP contribution in [-0.2, 0) is 14.3 Å². The third-order valence-electron chi connectivity index (χ3n) is 11.5. The summed E-state index contributed by atoms with van der Waals surface area (Å²) in [6, 6.07) is 10.2. The predicted octanol–water partition coefficient (Wildman–Crippen LogP) is 9.51. The number of ether oxygens (including phenoxy) is 1. The highest BCUT2D eigenvalue weighted by molar-refractivity contribution is 7.18. The van der Waals surface area contributed by atoms with E-state index >= 15 is 0 Å². The van der Waals surface area contributed by atoms with Gasteiger partial charge in [0.2, 0.25) is 0 Å². The minimum atomic E-state index is -0.586. The number of benzene rings is 1. The van der Waals surface area contributed by atoms with Gasteiger partial charge in [0.1, 0.15) is 24.2 Å². The molecule has 4 N–H and O–H groups in total. The van der Waals surface area contributed by atoms with E-state index in [1.165, 1.54) is 85.1 Å². The Morgan fingerprint density at radius 1 is 0.864 bits per heavy atom. The van der Waals surface area contributed by atoms with Gasteiger partial charge in [-0.2, -0.15) is 0 Å². The molecule has 2 saturated heterocycles. The lowest BCUT2D eigenvalue weighted by Crippen LogP contribution is -2.31. The van der Waals surface area contributed by atoms with Crippen molar-refractivity contribution in [3.05, 3.63) is 59.4 Å². The summed E-state index contributed by atoms with van der Waals surface area (Å²) in [6.45, 7) is 14.6. The van der Waals surface area contributed by atoms with Crippen molar-refractivity contribution >= 4 is 30.0 Å². The molecular formula is C46H70N8O4S. The Bertz CT molecular complexity index is 1900. The van der Waals surface area contributed by atoms with Crippen molar-refractivity contribution < 1.29 is 19.1 Å². The summed E-state index contributed by atoms with van der Waals surface area (Å²) >= 11 is 1.90. The van der Waals surface area contributed by atoms with Crippen molar-refractivity contribution in [2.24, 2.45) is 5.92 Å². The third-order valence-corrected chi connectivity index (χ3v) is 12.7. The summed E-state index contributed by atoms with van der Waals surface area (Å²) in [4.78, 5) is 54.3. The van der Waals surface area contributed by atoms with Crippen LogP contribution in [0.5, 0.6) is 0 Å². The molecular weight excluding hydrogens is 761 g/mol. The summed E-state index contributed by atoms with van der Waals surface area (Å²) in [6.07, 6.45) is 15.1. The largest absolute Gasteiger partial charge is 0.453 e. The smallest absolute Gasteiger partial charge is 0.407 e. The standard InChI is InChI=1S/C31H36N6S.C6H13NO.C4H7NO3.C3H8.C2H6/c1-36-13-3-5-24(36)30-32-16-22(34-30)20-9-10-21(29-19-8-7-18(15-19)28(20)29)26-11-12-27(38-26)23-17-33-31(35-23)25-6-4-14-37(25)2;1-5(2)6(4-8)7-3;1-8-4(7)5-2-3-6;1-3-2;1-2/h9-12,16-19,24-25H,3-8,13-15H2,1-2H3,(H,32,34)(H,33,35);4-7H,1-3H3;3H,2H2,1H3,(H,5,7);3H2,1-2H3;1-2H3/t18?,19?,24?,25-;;;;/m0..../s1. The number of hydrogen-bond acceptors (Lipinski definition) is 10. The third kappa shape index (κ3) is 11.8. The number of carbonyl (C=O) groups excluding carboxylic acids is 3. The van der Waals surface area contributed by atoms with Gasteiger partial charge in [-0.15, -0.1) is 11.3 Å². The second-order valence-corrected chi connectivity index (χ2v) is 17.0. The molecule has 4 aliphatic rings. The number of alkyl carbamates (subject to hydrolysis) is 1. The Balaban J connectivity index is 0.000000306. The molecule has 8 rings (SSSR count). The topological polar surface area (TPSA) is 148 Å². The molecule has 2 aliphatic carbocycles. The lowest BCUT2D eigenvalue weighted by Gasteiger charge is -2.22. The first kappa shape index (κ1) is 47.5. The van der Waals surface area contributed by atoms with Crippen LogP contribution in [0.4, 0.5) is 4.79 Å². The van der Waals surface area contributed by atoms with E-state index in [0.717, 1.165) is 36.7 Å². The van der Waals surface area contributed by atoms with Gasteiger partial charge in [-0.05, 0) is 126 Å². The summed E-state index contributed by atoms with van der Waals surface area (Å²) in [5.74, 6) is 4.02. The summed E-state index contributed by atoms with van der Waals surface area (Å²) in [7, 11) is 7.45. The van der Waals surface area contributed by atoms with E-state index in [2.05, 4.69) is 93.5 Å². The number of fused-ring (bicyclic) bond motifs is 5. The highest BCUT2D eigenvalue weighted by Crippen LogP contribution is 2.58. The molecule has 0 radical (unpaired) electrons. The second-order valence-electron chi connectivity index (χ2n) is 15.9. The zero-order valence-corrected chi connectivity index (χ0v) is 38.0. The van der Waals surface area contributed by atoms with Gasteiger partial charge in [-0.3, -0.25) is 9.80 Å². The Kier molecular flexibility index (Phi) is 19.0. The van der Waals surface area contributed by atoms with Crippen LogP contribution in [0.2, 0.25) is 0 Å². The molecule has 1 saturated carbocycles. The molecule has 4 unspecified atom stereocenters.